The van der Waals surface area contributed by atoms with E-state index in [1.165, 1.54) is 37.9 Å². The van der Waals surface area contributed by atoms with Crippen molar-refractivity contribution in [1.29, 1.82) is 0 Å². The van der Waals surface area contributed by atoms with Gasteiger partial charge in [0.15, 0.2) is 0 Å². The molecule has 1 aliphatic heterocycles. The van der Waals surface area contributed by atoms with Gasteiger partial charge in [0.05, 0.1) is 0 Å². The molecule has 1 saturated heterocycles. The van der Waals surface area contributed by atoms with E-state index < -0.39 is 0 Å². The van der Waals surface area contributed by atoms with E-state index in [1.807, 2.05) is 11.0 Å². The zero-order valence-electron chi connectivity index (χ0n) is 13.9. The van der Waals surface area contributed by atoms with Gasteiger partial charge in [-0.25, -0.2) is 4.39 Å². The molecule has 128 valence electrons. The van der Waals surface area contributed by atoms with Crippen LogP contribution in [0.2, 0.25) is 0 Å². The molecule has 4 nitrogen and oxygen atoms in total. The molecule has 0 spiro atoms. The molecular weight excluding hydrogens is 305 g/mol. The number of carbonyl (C=O) groups excluding carboxylic acids is 1. The van der Waals surface area contributed by atoms with Crippen LogP contribution < -0.4 is 0 Å². The number of carbonyl (C=O) groups is 1. The van der Waals surface area contributed by atoms with Crippen LogP contribution in [0.4, 0.5) is 4.39 Å². The summed E-state index contributed by atoms with van der Waals surface area (Å²) in [4.78, 5) is 20.3. The second kappa shape index (κ2) is 6.55. The SMILES string of the molecule is O=C(c1cc2ccc(F)cc2[nH]1)N1CCCN(CC2CCC2)CC1. The predicted octanol–water partition coefficient (Wildman–Crippen LogP) is 3.26. The quantitative estimate of drug-likeness (QED) is 0.939. The van der Waals surface area contributed by atoms with Crippen LogP contribution in [-0.2, 0) is 0 Å². The Labute approximate surface area is 141 Å². The molecule has 5 heteroatoms. The molecule has 1 amide bonds. The van der Waals surface area contributed by atoms with Gasteiger partial charge in [0.2, 0.25) is 0 Å². The number of fused-ring (bicyclic) bond motifs is 1. The van der Waals surface area contributed by atoms with Crippen molar-refractivity contribution >= 4 is 16.8 Å². The molecule has 24 heavy (non-hydrogen) atoms. The van der Waals surface area contributed by atoms with Crippen molar-refractivity contribution in [2.45, 2.75) is 25.7 Å². The maximum atomic E-state index is 13.3. The number of hydrogen-bond donors (Lipinski definition) is 1. The number of aromatic nitrogens is 1. The number of hydrogen-bond acceptors (Lipinski definition) is 2. The average molecular weight is 329 g/mol. The first-order valence-corrected chi connectivity index (χ1v) is 8.99. The first-order valence-electron chi connectivity index (χ1n) is 8.99. The second-order valence-electron chi connectivity index (χ2n) is 7.16. The smallest absolute Gasteiger partial charge is 0.270 e. The van der Waals surface area contributed by atoms with Gasteiger partial charge in [0.25, 0.3) is 5.91 Å². The highest BCUT2D eigenvalue weighted by atomic mass is 19.1. The van der Waals surface area contributed by atoms with Crippen LogP contribution in [-0.4, -0.2) is 53.4 Å². The monoisotopic (exact) mass is 329 g/mol. The Hall–Kier alpha value is -1.88. The third kappa shape index (κ3) is 3.18. The second-order valence-corrected chi connectivity index (χ2v) is 7.16. The summed E-state index contributed by atoms with van der Waals surface area (Å²) in [5.74, 6) is 0.609. The molecule has 0 bridgehead atoms. The number of H-pyrrole nitrogens is 1. The Morgan fingerprint density at radius 1 is 1.12 bits per heavy atom. The number of amides is 1. The lowest BCUT2D eigenvalue weighted by Gasteiger charge is -2.31. The van der Waals surface area contributed by atoms with Gasteiger partial charge in [-0.3, -0.25) is 4.79 Å². The minimum Gasteiger partial charge on any atom is -0.350 e. The summed E-state index contributed by atoms with van der Waals surface area (Å²) < 4.78 is 13.3. The highest BCUT2D eigenvalue weighted by molar-refractivity contribution is 5.98. The third-order valence-corrected chi connectivity index (χ3v) is 5.43. The van der Waals surface area contributed by atoms with E-state index in [4.69, 9.17) is 0 Å². The fourth-order valence-electron chi connectivity index (χ4n) is 3.78. The highest BCUT2D eigenvalue weighted by Gasteiger charge is 2.25. The van der Waals surface area contributed by atoms with Crippen molar-refractivity contribution in [3.05, 3.63) is 35.8 Å². The van der Waals surface area contributed by atoms with Crippen LogP contribution in [0, 0.1) is 11.7 Å². The van der Waals surface area contributed by atoms with Gasteiger partial charge in [-0.15, -0.1) is 0 Å². The average Bonchev–Trinajstić information content (AvgIpc) is 2.80. The minimum absolute atomic E-state index is 0.0251. The summed E-state index contributed by atoms with van der Waals surface area (Å²) in [7, 11) is 0. The van der Waals surface area contributed by atoms with Crippen molar-refractivity contribution in [3.63, 3.8) is 0 Å². The number of nitrogens with one attached hydrogen (secondary N) is 1. The van der Waals surface area contributed by atoms with Gasteiger partial charge >= 0.3 is 0 Å². The van der Waals surface area contributed by atoms with Gasteiger partial charge in [0.1, 0.15) is 11.5 Å². The van der Waals surface area contributed by atoms with Crippen molar-refractivity contribution in [2.75, 3.05) is 32.7 Å². The molecule has 2 aliphatic rings. The molecule has 1 N–H and O–H groups in total. The number of halogens is 1. The summed E-state index contributed by atoms with van der Waals surface area (Å²) in [6.45, 7) is 4.79. The Bertz CT molecular complexity index is 737. The molecule has 1 aromatic heterocycles. The van der Waals surface area contributed by atoms with E-state index in [-0.39, 0.29) is 11.7 Å². The number of nitrogens with zero attached hydrogens (tertiary/aromatic N) is 2. The van der Waals surface area contributed by atoms with E-state index in [9.17, 15) is 9.18 Å². The van der Waals surface area contributed by atoms with E-state index in [2.05, 4.69) is 9.88 Å². The fraction of sp³-hybridized carbons (Fsp3) is 0.526. The summed E-state index contributed by atoms with van der Waals surface area (Å²) in [6, 6.07) is 6.40. The molecule has 0 unspecified atom stereocenters. The lowest BCUT2D eigenvalue weighted by molar-refractivity contribution is 0.0754. The van der Waals surface area contributed by atoms with E-state index in [0.717, 1.165) is 43.9 Å². The molecule has 1 aromatic carbocycles. The number of rotatable bonds is 3. The van der Waals surface area contributed by atoms with Crippen LogP contribution in [0.25, 0.3) is 10.9 Å². The van der Waals surface area contributed by atoms with Gasteiger partial charge < -0.3 is 14.8 Å². The lowest BCUT2D eigenvalue weighted by Crippen LogP contribution is -2.37. The van der Waals surface area contributed by atoms with Crippen LogP contribution in [0.1, 0.15) is 36.2 Å². The Balaban J connectivity index is 1.43. The van der Waals surface area contributed by atoms with Crippen molar-refractivity contribution in [3.8, 4) is 0 Å². The zero-order valence-corrected chi connectivity index (χ0v) is 13.9. The Morgan fingerprint density at radius 2 is 2.00 bits per heavy atom. The molecule has 0 atom stereocenters. The van der Waals surface area contributed by atoms with Gasteiger partial charge in [-0.05, 0) is 56.0 Å². The maximum Gasteiger partial charge on any atom is 0.270 e. The standard InChI is InChI=1S/C19H24FN3O/c20-16-6-5-15-11-18(21-17(15)12-16)19(24)23-8-2-7-22(9-10-23)13-14-3-1-4-14/h5-6,11-12,14,21H,1-4,7-10,13H2. The highest BCUT2D eigenvalue weighted by Crippen LogP contribution is 2.27. The summed E-state index contributed by atoms with van der Waals surface area (Å²) in [5, 5.41) is 0.876. The molecular formula is C19H24FN3O. The zero-order chi connectivity index (χ0) is 16.5. The molecule has 2 heterocycles. The molecule has 2 fully saturated rings. The molecule has 1 aliphatic carbocycles. The third-order valence-electron chi connectivity index (χ3n) is 5.43. The maximum absolute atomic E-state index is 13.3. The summed E-state index contributed by atoms with van der Waals surface area (Å²) in [5.41, 5.74) is 1.24. The van der Waals surface area contributed by atoms with Crippen molar-refractivity contribution < 1.29 is 9.18 Å². The molecule has 2 aromatic rings. The molecule has 1 saturated carbocycles. The first-order chi connectivity index (χ1) is 11.7. The predicted molar refractivity (Wildman–Crippen MR) is 92.6 cm³/mol. The van der Waals surface area contributed by atoms with Gasteiger partial charge in [-0.2, -0.15) is 0 Å². The number of aromatic amines is 1. The van der Waals surface area contributed by atoms with Crippen molar-refractivity contribution in [1.82, 2.24) is 14.8 Å². The van der Waals surface area contributed by atoms with E-state index >= 15 is 0 Å². The molecule has 0 radical (unpaired) electrons. The summed E-state index contributed by atoms with van der Waals surface area (Å²) >= 11 is 0. The Morgan fingerprint density at radius 3 is 2.79 bits per heavy atom. The van der Waals surface area contributed by atoms with Gasteiger partial charge in [-0.1, -0.05) is 6.42 Å². The largest absolute Gasteiger partial charge is 0.350 e. The lowest BCUT2D eigenvalue weighted by atomic mass is 9.85. The normalized spacial score (nSPS) is 20.1. The van der Waals surface area contributed by atoms with E-state index in [0.29, 0.717) is 11.2 Å². The van der Waals surface area contributed by atoms with Crippen LogP contribution in [0.5, 0.6) is 0 Å². The summed E-state index contributed by atoms with van der Waals surface area (Å²) in [6.07, 6.45) is 5.13. The minimum atomic E-state index is -0.287. The van der Waals surface area contributed by atoms with Crippen LogP contribution >= 0.6 is 0 Å². The van der Waals surface area contributed by atoms with Crippen LogP contribution in [0.15, 0.2) is 24.3 Å². The topological polar surface area (TPSA) is 39.3 Å². The van der Waals surface area contributed by atoms with E-state index in [1.54, 1.807) is 6.07 Å². The van der Waals surface area contributed by atoms with Crippen LogP contribution in [0.3, 0.4) is 0 Å². The Kier molecular flexibility index (Phi) is 4.27. The number of benzene rings is 1. The fourth-order valence-corrected chi connectivity index (χ4v) is 3.78. The first kappa shape index (κ1) is 15.6. The van der Waals surface area contributed by atoms with Crippen molar-refractivity contribution in [2.24, 2.45) is 5.92 Å². The molecule has 4 rings (SSSR count). The van der Waals surface area contributed by atoms with Gasteiger partial charge in [0, 0.05) is 37.1 Å².